The fraction of sp³-hybridized carbons (Fsp3) is 0.296. The average molecular weight is 525 g/mol. The van der Waals surface area contributed by atoms with Crippen molar-refractivity contribution in [1.29, 1.82) is 0 Å². The third-order valence-electron chi connectivity index (χ3n) is 5.95. The molecule has 9 nitrogen and oxygen atoms in total. The first-order valence-electron chi connectivity index (χ1n) is 11.5. The Hall–Kier alpha value is -4.05. The van der Waals surface area contributed by atoms with Crippen LogP contribution < -0.4 is 33.8 Å². The number of carbonyl (C=O) groups is 1. The van der Waals surface area contributed by atoms with Crippen LogP contribution in [-0.2, 0) is 9.53 Å². The number of carbonyl (C=O) groups excluding carboxylic acids is 1. The number of nitrogens with zero attached hydrogens (tertiary/aromatic N) is 2. The molecule has 1 aromatic heterocycles. The molecule has 1 aliphatic heterocycles. The average Bonchev–Trinajstić information content (AvgIpc) is 3.21. The minimum absolute atomic E-state index is 0.192. The molecule has 3 aromatic rings. The van der Waals surface area contributed by atoms with E-state index >= 15 is 0 Å². The summed E-state index contributed by atoms with van der Waals surface area (Å²) in [6, 6.07) is 9.94. The molecule has 0 radical (unpaired) electrons. The summed E-state index contributed by atoms with van der Waals surface area (Å²) in [5, 5.41) is 0. The lowest BCUT2D eigenvalue weighted by Gasteiger charge is -2.25. The molecule has 10 heteroatoms. The predicted molar refractivity (Wildman–Crippen MR) is 139 cm³/mol. The molecule has 1 atom stereocenters. The molecule has 0 N–H and O–H groups in total. The number of hydrogen-bond donors (Lipinski definition) is 0. The van der Waals surface area contributed by atoms with Gasteiger partial charge in [-0.2, -0.15) is 0 Å². The van der Waals surface area contributed by atoms with Gasteiger partial charge in [-0.3, -0.25) is 9.36 Å². The lowest BCUT2D eigenvalue weighted by atomic mass is 9.95. The predicted octanol–water partition coefficient (Wildman–Crippen LogP) is 2.83. The van der Waals surface area contributed by atoms with Gasteiger partial charge in [0, 0.05) is 0 Å². The van der Waals surface area contributed by atoms with E-state index in [1.54, 1.807) is 71.6 Å². The summed E-state index contributed by atoms with van der Waals surface area (Å²) in [5.41, 5.74) is 1.91. The maximum Gasteiger partial charge on any atom is 0.338 e. The van der Waals surface area contributed by atoms with E-state index in [0.29, 0.717) is 49.2 Å². The van der Waals surface area contributed by atoms with E-state index in [9.17, 15) is 9.59 Å². The molecule has 0 fully saturated rings. The summed E-state index contributed by atoms with van der Waals surface area (Å²) in [5.74, 6) is 1.62. The molecule has 2 aromatic carbocycles. The zero-order valence-electron chi connectivity index (χ0n) is 21.5. The van der Waals surface area contributed by atoms with Gasteiger partial charge in [-0.15, -0.1) is 0 Å². The monoisotopic (exact) mass is 524 g/mol. The summed E-state index contributed by atoms with van der Waals surface area (Å²) >= 11 is 1.24. The number of ether oxygens (including phenoxy) is 5. The first-order valence-corrected chi connectivity index (χ1v) is 12.3. The van der Waals surface area contributed by atoms with Crippen molar-refractivity contribution in [2.75, 3.05) is 35.0 Å². The largest absolute Gasteiger partial charge is 0.493 e. The maximum absolute atomic E-state index is 13.8. The van der Waals surface area contributed by atoms with E-state index in [0.717, 1.165) is 5.56 Å². The summed E-state index contributed by atoms with van der Waals surface area (Å²) < 4.78 is 28.9. The van der Waals surface area contributed by atoms with Crippen molar-refractivity contribution >= 4 is 23.4 Å². The maximum atomic E-state index is 13.8. The highest BCUT2D eigenvalue weighted by Gasteiger charge is 2.33. The molecule has 37 heavy (non-hydrogen) atoms. The number of methoxy groups -OCH3 is 4. The van der Waals surface area contributed by atoms with Crippen molar-refractivity contribution in [2.45, 2.75) is 19.9 Å². The molecular formula is C27H28N2O7S. The molecule has 0 saturated heterocycles. The molecule has 0 aliphatic carbocycles. The van der Waals surface area contributed by atoms with Crippen LogP contribution in [0.1, 0.15) is 31.0 Å². The molecule has 194 valence electrons. The number of esters is 1. The van der Waals surface area contributed by atoms with Gasteiger partial charge >= 0.3 is 5.97 Å². The molecular weight excluding hydrogens is 496 g/mol. The number of aromatic nitrogens is 1. The molecule has 0 bridgehead atoms. The summed E-state index contributed by atoms with van der Waals surface area (Å²) in [7, 11) is 6.19. The number of thiazole rings is 1. The second-order valence-electron chi connectivity index (χ2n) is 8.03. The van der Waals surface area contributed by atoms with Crippen molar-refractivity contribution in [1.82, 2.24) is 4.57 Å². The van der Waals surface area contributed by atoms with Crippen molar-refractivity contribution in [3.63, 3.8) is 0 Å². The Kier molecular flexibility index (Phi) is 7.68. The highest BCUT2D eigenvalue weighted by molar-refractivity contribution is 7.07. The van der Waals surface area contributed by atoms with Crippen LogP contribution in [0.4, 0.5) is 0 Å². The Morgan fingerprint density at radius 3 is 2.22 bits per heavy atom. The van der Waals surface area contributed by atoms with Crippen molar-refractivity contribution in [3.05, 3.63) is 78.5 Å². The molecule has 0 amide bonds. The Balaban J connectivity index is 1.95. The van der Waals surface area contributed by atoms with E-state index in [1.807, 2.05) is 6.07 Å². The number of allylic oxidation sites excluding steroid dienone is 1. The second kappa shape index (κ2) is 10.9. The first kappa shape index (κ1) is 26.0. The van der Waals surface area contributed by atoms with E-state index in [2.05, 4.69) is 4.99 Å². The van der Waals surface area contributed by atoms with Crippen molar-refractivity contribution in [3.8, 4) is 23.0 Å². The lowest BCUT2D eigenvalue weighted by Crippen LogP contribution is -2.39. The van der Waals surface area contributed by atoms with Gasteiger partial charge in [0.1, 0.15) is 0 Å². The van der Waals surface area contributed by atoms with Gasteiger partial charge in [-0.05, 0) is 55.3 Å². The van der Waals surface area contributed by atoms with Gasteiger partial charge in [-0.1, -0.05) is 23.5 Å². The smallest absolute Gasteiger partial charge is 0.338 e. The molecule has 1 aliphatic rings. The first-order chi connectivity index (χ1) is 17.9. The highest BCUT2D eigenvalue weighted by Crippen LogP contribution is 2.36. The highest BCUT2D eigenvalue weighted by atomic mass is 32.1. The zero-order valence-corrected chi connectivity index (χ0v) is 22.3. The van der Waals surface area contributed by atoms with Gasteiger partial charge < -0.3 is 23.7 Å². The van der Waals surface area contributed by atoms with Gasteiger partial charge in [0.2, 0.25) is 0 Å². The Labute approximate surface area is 217 Å². The minimum Gasteiger partial charge on any atom is -0.493 e. The van der Waals surface area contributed by atoms with E-state index in [4.69, 9.17) is 23.7 Å². The van der Waals surface area contributed by atoms with Crippen LogP contribution in [-0.4, -0.2) is 45.6 Å². The number of hydrogen-bond acceptors (Lipinski definition) is 9. The van der Waals surface area contributed by atoms with Gasteiger partial charge in [0.05, 0.1) is 56.9 Å². The quantitative estimate of drug-likeness (QED) is 0.418. The summed E-state index contributed by atoms with van der Waals surface area (Å²) in [6.07, 6.45) is 1.76. The van der Waals surface area contributed by atoms with Gasteiger partial charge in [-0.25, -0.2) is 9.79 Å². The van der Waals surface area contributed by atoms with Crippen molar-refractivity contribution < 1.29 is 28.5 Å². The molecule has 2 heterocycles. The van der Waals surface area contributed by atoms with Crippen LogP contribution in [0, 0.1) is 0 Å². The number of fused-ring (bicyclic) bond motifs is 1. The van der Waals surface area contributed by atoms with Crippen LogP contribution in [0.2, 0.25) is 0 Å². The Morgan fingerprint density at radius 1 is 0.973 bits per heavy atom. The Bertz CT molecular complexity index is 1550. The van der Waals surface area contributed by atoms with Gasteiger partial charge in [0.25, 0.3) is 5.56 Å². The second-order valence-corrected chi connectivity index (χ2v) is 9.04. The molecule has 4 rings (SSSR count). The normalized spacial score (nSPS) is 15.1. The fourth-order valence-corrected chi connectivity index (χ4v) is 5.27. The topological polar surface area (TPSA) is 97.6 Å². The standard InChI is InChI=1S/C27H28N2O7S/c1-7-36-26(31)23-15(2)28-27-29(24(23)17-9-11-19(33-4)21(14-17)35-6)25(30)22(37-27)13-16-8-10-18(32-3)20(12-16)34-5/h8-14,24H,7H2,1-6H3/b22-13+/t24-/m0/s1. The summed E-state index contributed by atoms with van der Waals surface area (Å²) in [4.78, 5) is 31.9. The van der Waals surface area contributed by atoms with Crippen LogP contribution >= 0.6 is 11.3 Å². The minimum atomic E-state index is -0.761. The third kappa shape index (κ3) is 4.84. The van der Waals surface area contributed by atoms with E-state index < -0.39 is 12.0 Å². The zero-order chi connectivity index (χ0) is 26.7. The fourth-order valence-electron chi connectivity index (χ4n) is 4.22. The third-order valence-corrected chi connectivity index (χ3v) is 6.93. The summed E-state index contributed by atoms with van der Waals surface area (Å²) in [6.45, 7) is 3.67. The van der Waals surface area contributed by atoms with E-state index in [1.165, 1.54) is 23.0 Å². The SMILES string of the molecule is CCOC(=O)C1=C(C)N=c2s/c(=C/c3ccc(OC)c(OC)c3)c(=O)n2[C@H]1c1ccc(OC)c(OC)c1. The van der Waals surface area contributed by atoms with Crippen LogP contribution in [0.25, 0.3) is 6.08 Å². The Morgan fingerprint density at radius 2 is 1.59 bits per heavy atom. The molecule has 0 spiro atoms. The van der Waals surface area contributed by atoms with Crippen LogP contribution in [0.5, 0.6) is 23.0 Å². The van der Waals surface area contributed by atoms with E-state index in [-0.39, 0.29) is 12.2 Å². The lowest BCUT2D eigenvalue weighted by molar-refractivity contribution is -0.139. The number of benzene rings is 2. The van der Waals surface area contributed by atoms with Crippen molar-refractivity contribution in [2.24, 2.45) is 4.99 Å². The molecule has 0 saturated carbocycles. The number of rotatable bonds is 8. The van der Waals surface area contributed by atoms with Crippen LogP contribution in [0.15, 0.2) is 57.5 Å². The van der Waals surface area contributed by atoms with Crippen LogP contribution in [0.3, 0.4) is 0 Å². The van der Waals surface area contributed by atoms with Gasteiger partial charge in [0.15, 0.2) is 27.8 Å². The molecule has 0 unspecified atom stereocenters.